The Morgan fingerprint density at radius 1 is 1.54 bits per heavy atom. The first-order chi connectivity index (χ1) is 11.6. The van der Waals surface area contributed by atoms with Gasteiger partial charge in [0.1, 0.15) is 5.82 Å². The predicted molar refractivity (Wildman–Crippen MR) is 96.6 cm³/mol. The van der Waals surface area contributed by atoms with Gasteiger partial charge in [-0.2, -0.15) is 0 Å². The number of ether oxygens (including phenoxy) is 1. The van der Waals surface area contributed by atoms with E-state index in [1.807, 2.05) is 6.92 Å². The second-order valence-electron chi connectivity index (χ2n) is 5.96. The Balaban J connectivity index is 1.63. The van der Waals surface area contributed by atoms with Crippen LogP contribution in [0.25, 0.3) is 11.0 Å². The molecule has 2 unspecified atom stereocenters. The van der Waals surface area contributed by atoms with Crippen molar-refractivity contribution in [2.24, 2.45) is 0 Å². The molecule has 7 heteroatoms. The van der Waals surface area contributed by atoms with Crippen molar-refractivity contribution in [3.8, 4) is 0 Å². The first-order valence-corrected chi connectivity index (χ1v) is 9.41. The van der Waals surface area contributed by atoms with Crippen LogP contribution in [0.15, 0.2) is 22.7 Å². The Morgan fingerprint density at radius 3 is 3.12 bits per heavy atom. The smallest absolute Gasteiger partial charge is 0.307 e. The van der Waals surface area contributed by atoms with E-state index in [1.54, 1.807) is 6.07 Å². The molecule has 2 aromatic rings. The number of likely N-dealkylation sites (tertiary alicyclic amines) is 1. The molecule has 0 aliphatic carbocycles. The monoisotopic (exact) mass is 446 g/mol. The Morgan fingerprint density at radius 2 is 2.38 bits per heavy atom. The van der Waals surface area contributed by atoms with Gasteiger partial charge in [-0.05, 0) is 38.4 Å². The molecule has 2 heterocycles. The van der Waals surface area contributed by atoms with Crippen LogP contribution in [-0.2, 0) is 9.53 Å². The van der Waals surface area contributed by atoms with Gasteiger partial charge in [0.05, 0.1) is 22.8 Å². The molecule has 1 aliphatic heterocycles. The Labute approximate surface area is 153 Å². The lowest BCUT2D eigenvalue weighted by atomic mass is 9.91. The van der Waals surface area contributed by atoms with E-state index >= 15 is 0 Å². The summed E-state index contributed by atoms with van der Waals surface area (Å²) in [6, 6.07) is 4.56. The molecular formula is C17H20FIN2O3. The molecule has 1 saturated heterocycles. The van der Waals surface area contributed by atoms with E-state index in [1.165, 1.54) is 12.1 Å². The SMILES string of the molecule is CCOC(=O)CCN1CCC(c2noc3cc(F)ccc23)CC1I. The summed E-state index contributed by atoms with van der Waals surface area (Å²) >= 11 is 2.41. The summed E-state index contributed by atoms with van der Waals surface area (Å²) in [6.45, 7) is 3.85. The molecule has 0 N–H and O–H groups in total. The average molecular weight is 446 g/mol. The highest BCUT2D eigenvalue weighted by Gasteiger charge is 2.30. The number of fused-ring (bicyclic) bond motifs is 1. The van der Waals surface area contributed by atoms with Crippen LogP contribution in [0.4, 0.5) is 4.39 Å². The van der Waals surface area contributed by atoms with Gasteiger partial charge in [0.15, 0.2) is 5.58 Å². The molecule has 0 bridgehead atoms. The second-order valence-corrected chi connectivity index (χ2v) is 7.39. The van der Waals surface area contributed by atoms with Gasteiger partial charge in [-0.1, -0.05) is 27.7 Å². The molecule has 24 heavy (non-hydrogen) atoms. The third kappa shape index (κ3) is 3.88. The minimum absolute atomic E-state index is 0.146. The Hall–Kier alpha value is -1.22. The van der Waals surface area contributed by atoms with Crippen molar-refractivity contribution in [3.63, 3.8) is 0 Å². The summed E-state index contributed by atoms with van der Waals surface area (Å²) in [5, 5.41) is 5.07. The summed E-state index contributed by atoms with van der Waals surface area (Å²) in [4.78, 5) is 13.8. The van der Waals surface area contributed by atoms with E-state index in [-0.39, 0.29) is 17.7 Å². The zero-order chi connectivity index (χ0) is 17.1. The van der Waals surface area contributed by atoms with Crippen LogP contribution in [0.5, 0.6) is 0 Å². The molecule has 1 aliphatic rings. The standard InChI is InChI=1S/C17H20FIN2O3/c1-2-23-16(22)6-8-21-7-5-11(9-15(21)19)17-13-4-3-12(18)10-14(13)24-20-17/h3-4,10-11,15H,2,5-9H2,1H3. The molecule has 2 atom stereocenters. The fourth-order valence-corrected chi connectivity index (χ4v) is 4.33. The number of halogens is 2. The molecule has 0 spiro atoms. The summed E-state index contributed by atoms with van der Waals surface area (Å²) in [7, 11) is 0. The van der Waals surface area contributed by atoms with E-state index in [2.05, 4.69) is 32.6 Å². The van der Waals surface area contributed by atoms with E-state index in [0.29, 0.717) is 29.2 Å². The van der Waals surface area contributed by atoms with E-state index in [9.17, 15) is 9.18 Å². The van der Waals surface area contributed by atoms with Crippen LogP contribution < -0.4 is 0 Å². The summed E-state index contributed by atoms with van der Waals surface area (Å²) in [6.07, 6.45) is 2.30. The minimum atomic E-state index is -0.314. The van der Waals surface area contributed by atoms with Crippen LogP contribution >= 0.6 is 22.6 Å². The van der Waals surface area contributed by atoms with E-state index in [0.717, 1.165) is 30.5 Å². The number of carbonyl (C=O) groups excluding carboxylic acids is 1. The maximum absolute atomic E-state index is 13.3. The lowest BCUT2D eigenvalue weighted by Gasteiger charge is -2.35. The Kier molecular flexibility index (Phi) is 5.70. The van der Waals surface area contributed by atoms with Crippen molar-refractivity contribution in [1.82, 2.24) is 10.1 Å². The maximum Gasteiger partial charge on any atom is 0.307 e. The van der Waals surface area contributed by atoms with Gasteiger partial charge in [0, 0.05) is 23.9 Å². The van der Waals surface area contributed by atoms with Crippen molar-refractivity contribution in [2.45, 2.75) is 36.2 Å². The lowest BCUT2D eigenvalue weighted by Crippen LogP contribution is -2.39. The molecule has 5 nitrogen and oxygen atoms in total. The highest BCUT2D eigenvalue weighted by Crippen LogP contribution is 2.37. The van der Waals surface area contributed by atoms with Crippen molar-refractivity contribution < 1.29 is 18.4 Å². The van der Waals surface area contributed by atoms with Crippen molar-refractivity contribution in [2.75, 3.05) is 19.7 Å². The first kappa shape index (κ1) is 17.6. The number of alkyl halides is 1. The molecule has 1 aromatic carbocycles. The van der Waals surface area contributed by atoms with E-state index < -0.39 is 0 Å². The average Bonchev–Trinajstić information content (AvgIpc) is 2.97. The van der Waals surface area contributed by atoms with Crippen molar-refractivity contribution >= 4 is 39.5 Å². The van der Waals surface area contributed by atoms with Crippen molar-refractivity contribution in [1.29, 1.82) is 0 Å². The number of benzene rings is 1. The van der Waals surface area contributed by atoms with Gasteiger partial charge in [-0.25, -0.2) is 4.39 Å². The maximum atomic E-state index is 13.3. The number of esters is 1. The molecule has 0 amide bonds. The molecule has 130 valence electrons. The molecule has 0 saturated carbocycles. The molecule has 1 fully saturated rings. The summed E-state index contributed by atoms with van der Waals surface area (Å²) in [5.41, 5.74) is 1.41. The van der Waals surface area contributed by atoms with Gasteiger partial charge < -0.3 is 9.26 Å². The van der Waals surface area contributed by atoms with Crippen molar-refractivity contribution in [3.05, 3.63) is 29.7 Å². The molecule has 3 rings (SSSR count). The van der Waals surface area contributed by atoms with Gasteiger partial charge in [0.25, 0.3) is 0 Å². The Bertz CT molecular complexity index is 721. The van der Waals surface area contributed by atoms with Crippen LogP contribution in [0, 0.1) is 5.82 Å². The van der Waals surface area contributed by atoms with Gasteiger partial charge in [0.2, 0.25) is 0 Å². The number of hydrogen-bond acceptors (Lipinski definition) is 5. The number of carbonyl (C=O) groups is 1. The number of piperidine rings is 1. The molecular weight excluding hydrogens is 426 g/mol. The molecule has 1 aromatic heterocycles. The van der Waals surface area contributed by atoms with Gasteiger partial charge in [-0.3, -0.25) is 9.69 Å². The predicted octanol–water partition coefficient (Wildman–Crippen LogP) is 3.86. The lowest BCUT2D eigenvalue weighted by molar-refractivity contribution is -0.143. The van der Waals surface area contributed by atoms with Crippen LogP contribution in [0.2, 0.25) is 0 Å². The first-order valence-electron chi connectivity index (χ1n) is 8.17. The topological polar surface area (TPSA) is 55.6 Å². The largest absolute Gasteiger partial charge is 0.466 e. The number of rotatable bonds is 5. The molecule has 0 radical (unpaired) electrons. The quantitative estimate of drug-likeness (QED) is 0.302. The minimum Gasteiger partial charge on any atom is -0.466 e. The fourth-order valence-electron chi connectivity index (χ4n) is 3.16. The summed E-state index contributed by atoms with van der Waals surface area (Å²) in [5.74, 6) is -0.170. The second kappa shape index (κ2) is 7.77. The fraction of sp³-hybridized carbons (Fsp3) is 0.529. The van der Waals surface area contributed by atoms with Crippen LogP contribution in [0.1, 0.15) is 37.8 Å². The zero-order valence-electron chi connectivity index (χ0n) is 13.5. The van der Waals surface area contributed by atoms with Gasteiger partial charge >= 0.3 is 5.97 Å². The highest BCUT2D eigenvalue weighted by molar-refractivity contribution is 14.1. The number of hydrogen-bond donors (Lipinski definition) is 0. The van der Waals surface area contributed by atoms with Crippen LogP contribution in [-0.4, -0.2) is 39.8 Å². The van der Waals surface area contributed by atoms with Crippen LogP contribution in [0.3, 0.4) is 0 Å². The highest BCUT2D eigenvalue weighted by atomic mass is 127. The number of aromatic nitrogens is 1. The van der Waals surface area contributed by atoms with Gasteiger partial charge in [-0.15, -0.1) is 0 Å². The third-order valence-electron chi connectivity index (χ3n) is 4.40. The van der Waals surface area contributed by atoms with E-state index in [4.69, 9.17) is 9.26 Å². The number of nitrogens with zero attached hydrogens (tertiary/aromatic N) is 2. The third-order valence-corrected chi connectivity index (χ3v) is 5.69. The zero-order valence-corrected chi connectivity index (χ0v) is 15.7. The summed E-state index contributed by atoms with van der Waals surface area (Å²) < 4.78 is 23.9. The normalized spacial score (nSPS) is 22.0.